The molecule has 0 aromatic carbocycles. The maximum atomic E-state index is 12.2. The summed E-state index contributed by atoms with van der Waals surface area (Å²) in [4.78, 5) is 6.43. The summed E-state index contributed by atoms with van der Waals surface area (Å²) in [7, 11) is 1.46. The van der Waals surface area contributed by atoms with Crippen LogP contribution >= 0.6 is 11.6 Å². The van der Waals surface area contributed by atoms with Gasteiger partial charge < -0.3 is 5.32 Å². The molecule has 0 unspecified atom stereocenters. The second-order valence-electron chi connectivity index (χ2n) is 2.56. The molecule has 14 heavy (non-hydrogen) atoms. The summed E-state index contributed by atoms with van der Waals surface area (Å²) in [6.45, 7) is 1.54. The van der Waals surface area contributed by atoms with Crippen molar-refractivity contribution in [2.75, 3.05) is 12.4 Å². The van der Waals surface area contributed by atoms with Gasteiger partial charge in [0.25, 0.3) is 0 Å². The highest BCUT2D eigenvalue weighted by Crippen LogP contribution is 2.29. The molecule has 0 aliphatic carbocycles. The Bertz CT molecular complexity index is 351. The molecule has 0 saturated carbocycles. The Morgan fingerprint density at radius 1 is 1.29 bits per heavy atom. The van der Waals surface area contributed by atoms with Gasteiger partial charge in [0.1, 0.15) is 11.0 Å². The second kappa shape index (κ2) is 3.61. The Balaban J connectivity index is 3.30. The molecule has 3 nitrogen and oxygen atoms in total. The van der Waals surface area contributed by atoms with Crippen molar-refractivity contribution in [1.29, 1.82) is 0 Å². The van der Waals surface area contributed by atoms with Crippen LogP contribution in [0.25, 0.3) is 0 Å². The van der Waals surface area contributed by atoms with Crippen LogP contribution in [0, 0.1) is 6.92 Å². The zero-order chi connectivity index (χ0) is 10.9. The Morgan fingerprint density at radius 3 is 2.29 bits per heavy atom. The summed E-state index contributed by atoms with van der Waals surface area (Å²) in [5, 5.41) is 2.32. The number of halogens is 4. The fraction of sp³-hybridized carbons (Fsp3) is 0.429. The number of aromatic nitrogens is 2. The van der Waals surface area contributed by atoms with Crippen LogP contribution in [0.3, 0.4) is 0 Å². The minimum Gasteiger partial charge on any atom is -0.373 e. The fourth-order valence-electron chi connectivity index (χ4n) is 0.859. The van der Waals surface area contributed by atoms with Crippen molar-refractivity contribution < 1.29 is 13.2 Å². The Kier molecular flexibility index (Phi) is 2.84. The quantitative estimate of drug-likeness (QED) is 0.747. The molecule has 0 fully saturated rings. The lowest BCUT2D eigenvalue weighted by molar-refractivity contribution is -0.144. The summed E-state index contributed by atoms with van der Waals surface area (Å²) in [6.07, 6.45) is -4.58. The normalized spacial score (nSPS) is 11.6. The van der Waals surface area contributed by atoms with Crippen LogP contribution in [0.1, 0.15) is 11.4 Å². The molecule has 1 rings (SSSR count). The first-order valence-electron chi connectivity index (χ1n) is 3.65. The van der Waals surface area contributed by atoms with Crippen molar-refractivity contribution in [3.63, 3.8) is 0 Å². The van der Waals surface area contributed by atoms with Gasteiger partial charge in [0.05, 0.1) is 0 Å². The van der Waals surface area contributed by atoms with E-state index in [1.807, 2.05) is 0 Å². The number of hydrogen-bond acceptors (Lipinski definition) is 3. The highest BCUT2D eigenvalue weighted by atomic mass is 35.5. The smallest absolute Gasteiger partial charge is 0.373 e. The minimum absolute atomic E-state index is 0.0809. The maximum Gasteiger partial charge on any atom is 0.451 e. The predicted molar refractivity (Wildman–Crippen MR) is 46.3 cm³/mol. The van der Waals surface area contributed by atoms with Gasteiger partial charge in [0, 0.05) is 12.6 Å². The summed E-state index contributed by atoms with van der Waals surface area (Å²) >= 11 is 5.51. The molecule has 0 spiro atoms. The minimum atomic E-state index is -4.58. The van der Waals surface area contributed by atoms with Crippen molar-refractivity contribution in [2.24, 2.45) is 0 Å². The molecular weight excluding hydrogens is 219 g/mol. The van der Waals surface area contributed by atoms with Gasteiger partial charge >= 0.3 is 6.18 Å². The van der Waals surface area contributed by atoms with E-state index in [4.69, 9.17) is 11.6 Å². The number of alkyl halides is 3. The molecule has 0 amide bonds. The van der Waals surface area contributed by atoms with Crippen molar-refractivity contribution in [1.82, 2.24) is 9.97 Å². The summed E-state index contributed by atoms with van der Waals surface area (Å²) in [5.41, 5.74) is 0.391. The van der Waals surface area contributed by atoms with E-state index in [0.29, 0.717) is 5.56 Å². The number of hydrogen-bond donors (Lipinski definition) is 1. The van der Waals surface area contributed by atoms with Gasteiger partial charge in [-0.3, -0.25) is 0 Å². The zero-order valence-corrected chi connectivity index (χ0v) is 8.16. The molecule has 0 aliphatic heterocycles. The van der Waals surface area contributed by atoms with E-state index in [1.165, 1.54) is 14.0 Å². The van der Waals surface area contributed by atoms with Gasteiger partial charge in [-0.15, -0.1) is 0 Å². The van der Waals surface area contributed by atoms with E-state index >= 15 is 0 Å². The Hall–Kier alpha value is -1.04. The van der Waals surface area contributed by atoms with Crippen LogP contribution in [0.15, 0.2) is 0 Å². The van der Waals surface area contributed by atoms with Crippen LogP contribution in [-0.4, -0.2) is 17.0 Å². The molecular formula is C7H7ClF3N3. The highest BCUT2D eigenvalue weighted by Gasteiger charge is 2.35. The summed E-state index contributed by atoms with van der Waals surface area (Å²) in [5.74, 6) is -1.16. The van der Waals surface area contributed by atoms with E-state index in [9.17, 15) is 13.2 Å². The molecule has 1 heterocycles. The van der Waals surface area contributed by atoms with Gasteiger partial charge in [-0.25, -0.2) is 9.97 Å². The fourth-order valence-corrected chi connectivity index (χ4v) is 1.03. The lowest BCUT2D eigenvalue weighted by Gasteiger charge is -2.10. The SMILES string of the molecule is CNc1nc(C(F)(F)F)nc(Cl)c1C. The average molecular weight is 226 g/mol. The number of nitrogens with zero attached hydrogens (tertiary/aromatic N) is 2. The van der Waals surface area contributed by atoms with Crippen molar-refractivity contribution >= 4 is 17.4 Å². The first-order chi connectivity index (χ1) is 6.36. The number of anilines is 1. The summed E-state index contributed by atoms with van der Waals surface area (Å²) < 4.78 is 36.6. The third kappa shape index (κ3) is 2.06. The van der Waals surface area contributed by atoms with Crippen LogP contribution in [-0.2, 0) is 6.18 Å². The number of rotatable bonds is 1. The molecule has 0 atom stereocenters. The van der Waals surface area contributed by atoms with Crippen molar-refractivity contribution in [3.05, 3.63) is 16.5 Å². The molecule has 1 aromatic rings. The van der Waals surface area contributed by atoms with Crippen LogP contribution in [0.5, 0.6) is 0 Å². The lowest BCUT2D eigenvalue weighted by Crippen LogP contribution is -2.13. The molecule has 0 aliphatic rings. The van der Waals surface area contributed by atoms with E-state index < -0.39 is 12.0 Å². The lowest BCUT2D eigenvalue weighted by atomic mass is 10.3. The third-order valence-electron chi connectivity index (χ3n) is 1.58. The molecule has 78 valence electrons. The largest absolute Gasteiger partial charge is 0.451 e. The third-order valence-corrected chi connectivity index (χ3v) is 1.94. The number of nitrogens with one attached hydrogen (secondary N) is 1. The Morgan fingerprint density at radius 2 is 1.86 bits per heavy atom. The first kappa shape index (κ1) is 11.0. The van der Waals surface area contributed by atoms with Crippen molar-refractivity contribution in [3.8, 4) is 0 Å². The van der Waals surface area contributed by atoms with E-state index in [1.54, 1.807) is 0 Å². The van der Waals surface area contributed by atoms with E-state index in [2.05, 4.69) is 15.3 Å². The van der Waals surface area contributed by atoms with Crippen LogP contribution in [0.4, 0.5) is 19.0 Å². The van der Waals surface area contributed by atoms with Gasteiger partial charge in [-0.1, -0.05) is 11.6 Å². The highest BCUT2D eigenvalue weighted by molar-refractivity contribution is 6.30. The second-order valence-corrected chi connectivity index (χ2v) is 2.92. The van der Waals surface area contributed by atoms with Gasteiger partial charge in [-0.2, -0.15) is 13.2 Å². The molecule has 1 aromatic heterocycles. The monoisotopic (exact) mass is 225 g/mol. The molecule has 0 radical (unpaired) electrons. The van der Waals surface area contributed by atoms with Crippen molar-refractivity contribution in [2.45, 2.75) is 13.1 Å². The van der Waals surface area contributed by atoms with Gasteiger partial charge in [0.2, 0.25) is 5.82 Å². The topological polar surface area (TPSA) is 37.8 Å². The van der Waals surface area contributed by atoms with Gasteiger partial charge in [0.15, 0.2) is 0 Å². The van der Waals surface area contributed by atoms with Crippen LogP contribution in [0.2, 0.25) is 5.15 Å². The first-order valence-corrected chi connectivity index (χ1v) is 4.03. The molecule has 7 heteroatoms. The molecule has 1 N–H and O–H groups in total. The standard InChI is InChI=1S/C7H7ClF3N3/c1-3-4(8)13-6(7(9,10)11)14-5(3)12-2/h1-2H3,(H,12,13,14). The predicted octanol–water partition coefficient (Wildman–Crippen LogP) is 2.50. The molecule has 0 saturated heterocycles. The van der Waals surface area contributed by atoms with E-state index in [-0.39, 0.29) is 11.0 Å². The van der Waals surface area contributed by atoms with Crippen LogP contribution < -0.4 is 5.32 Å². The zero-order valence-electron chi connectivity index (χ0n) is 7.41. The van der Waals surface area contributed by atoms with E-state index in [0.717, 1.165) is 0 Å². The van der Waals surface area contributed by atoms with Gasteiger partial charge in [-0.05, 0) is 6.92 Å². The Labute approximate surface area is 83.3 Å². The molecule has 0 bridgehead atoms. The average Bonchev–Trinajstić information content (AvgIpc) is 2.07. The maximum absolute atomic E-state index is 12.2. The summed E-state index contributed by atoms with van der Waals surface area (Å²) in [6, 6.07) is 0.